The van der Waals surface area contributed by atoms with Crippen LogP contribution in [0.2, 0.25) is 0 Å². The normalized spacial score (nSPS) is 13.9. The third kappa shape index (κ3) is 3.92. The van der Waals surface area contributed by atoms with Crippen molar-refractivity contribution in [2.75, 3.05) is 36.4 Å². The fourth-order valence-corrected chi connectivity index (χ4v) is 4.05. The van der Waals surface area contributed by atoms with Crippen LogP contribution < -0.4 is 21.3 Å². The van der Waals surface area contributed by atoms with Crippen LogP contribution in [0.25, 0.3) is 17.0 Å². The summed E-state index contributed by atoms with van der Waals surface area (Å²) in [7, 11) is 0. The molecule has 10 heteroatoms. The van der Waals surface area contributed by atoms with Gasteiger partial charge in [0.2, 0.25) is 5.95 Å². The molecule has 1 aliphatic rings. The summed E-state index contributed by atoms with van der Waals surface area (Å²) in [6.07, 6.45) is 1.37. The largest absolute Gasteiger partial charge is 0.369 e. The van der Waals surface area contributed by atoms with E-state index in [-0.39, 0.29) is 11.4 Å². The molecule has 10 nitrogen and oxygen atoms in total. The Bertz CT molecular complexity index is 1320. The van der Waals surface area contributed by atoms with E-state index in [2.05, 4.69) is 30.5 Å². The lowest BCUT2D eigenvalue weighted by molar-refractivity contribution is 0.0970. The van der Waals surface area contributed by atoms with Crippen LogP contribution in [-0.2, 0) is 0 Å². The molecule has 2 aromatic carbocycles. The van der Waals surface area contributed by atoms with E-state index in [1.165, 1.54) is 10.9 Å². The number of imidazole rings is 2. The first-order chi connectivity index (χ1) is 16.0. The number of carbonyl (C=O) groups excluding carboxylic acids is 2. The number of rotatable bonds is 5. The van der Waals surface area contributed by atoms with E-state index >= 15 is 0 Å². The first-order valence-corrected chi connectivity index (χ1v) is 10.7. The predicted molar refractivity (Wildman–Crippen MR) is 126 cm³/mol. The molecule has 2 amide bonds. The van der Waals surface area contributed by atoms with Gasteiger partial charge in [-0.1, -0.05) is 12.1 Å². The maximum absolute atomic E-state index is 13.1. The highest BCUT2D eigenvalue weighted by Crippen LogP contribution is 2.24. The van der Waals surface area contributed by atoms with Crippen molar-refractivity contribution in [3.63, 3.8) is 0 Å². The molecular formula is C23H24N8O2. The maximum atomic E-state index is 13.1. The van der Waals surface area contributed by atoms with Gasteiger partial charge in [0, 0.05) is 37.6 Å². The third-order valence-electron chi connectivity index (χ3n) is 5.76. The van der Waals surface area contributed by atoms with Gasteiger partial charge in [-0.15, -0.1) is 0 Å². The monoisotopic (exact) mass is 444 g/mol. The molecule has 1 aliphatic heterocycles. The minimum absolute atomic E-state index is 0.0401. The van der Waals surface area contributed by atoms with Crippen molar-refractivity contribution in [3.8, 4) is 5.95 Å². The molecule has 1 saturated heterocycles. The number of carbonyl (C=O) groups is 2. The number of amides is 2. The van der Waals surface area contributed by atoms with E-state index in [1.807, 2.05) is 49.4 Å². The Hall–Kier alpha value is -4.18. The molecule has 0 atom stereocenters. The molecule has 0 aliphatic carbocycles. The van der Waals surface area contributed by atoms with E-state index in [4.69, 9.17) is 5.73 Å². The number of piperazine rings is 1. The van der Waals surface area contributed by atoms with Crippen LogP contribution in [0.5, 0.6) is 0 Å². The first kappa shape index (κ1) is 20.7. The van der Waals surface area contributed by atoms with Crippen molar-refractivity contribution >= 4 is 34.2 Å². The Morgan fingerprint density at radius 2 is 1.91 bits per heavy atom. The molecule has 5 N–H and O–H groups in total. The Kier molecular flexibility index (Phi) is 5.27. The van der Waals surface area contributed by atoms with Crippen molar-refractivity contribution < 1.29 is 9.59 Å². The molecule has 0 bridgehead atoms. The number of hydrogen-bond acceptors (Lipinski definition) is 6. The number of anilines is 2. The van der Waals surface area contributed by atoms with Crippen molar-refractivity contribution in [2.45, 2.75) is 6.92 Å². The van der Waals surface area contributed by atoms with Gasteiger partial charge in [0.05, 0.1) is 11.0 Å². The average molecular weight is 444 g/mol. The topological polar surface area (TPSA) is 134 Å². The number of para-hydroxylation sites is 2. The zero-order valence-electron chi connectivity index (χ0n) is 18.1. The van der Waals surface area contributed by atoms with Gasteiger partial charge in [0.1, 0.15) is 12.0 Å². The van der Waals surface area contributed by atoms with Crippen LogP contribution in [0.4, 0.5) is 11.4 Å². The van der Waals surface area contributed by atoms with Crippen LogP contribution in [0.1, 0.15) is 26.5 Å². The molecule has 1 fully saturated rings. The molecule has 0 radical (unpaired) electrons. The maximum Gasteiger partial charge on any atom is 0.276 e. The Balaban J connectivity index is 1.42. The number of hydrogen-bond donors (Lipinski definition) is 4. The molecule has 3 heterocycles. The fraction of sp³-hybridized carbons (Fsp3) is 0.217. The minimum atomic E-state index is -0.774. The van der Waals surface area contributed by atoms with E-state index < -0.39 is 11.8 Å². The molecule has 168 valence electrons. The summed E-state index contributed by atoms with van der Waals surface area (Å²) in [5.74, 6) is -0.936. The van der Waals surface area contributed by atoms with Crippen LogP contribution in [0.3, 0.4) is 0 Å². The molecule has 0 saturated carbocycles. The predicted octanol–water partition coefficient (Wildman–Crippen LogP) is 1.82. The van der Waals surface area contributed by atoms with Gasteiger partial charge in [-0.2, -0.15) is 0 Å². The lowest BCUT2D eigenvalue weighted by Crippen LogP contribution is -2.43. The number of nitrogens with two attached hydrogens (primary N) is 1. The van der Waals surface area contributed by atoms with Gasteiger partial charge in [-0.25, -0.2) is 9.97 Å². The van der Waals surface area contributed by atoms with Gasteiger partial charge in [-0.05, 0) is 42.8 Å². The van der Waals surface area contributed by atoms with Crippen LogP contribution >= 0.6 is 0 Å². The highest BCUT2D eigenvalue weighted by Gasteiger charge is 2.25. The van der Waals surface area contributed by atoms with Gasteiger partial charge < -0.3 is 26.3 Å². The highest BCUT2D eigenvalue weighted by atomic mass is 16.2. The number of nitrogens with one attached hydrogen (secondary N) is 3. The van der Waals surface area contributed by atoms with Crippen LogP contribution in [-0.4, -0.2) is 57.5 Å². The number of H-pyrrole nitrogens is 1. The van der Waals surface area contributed by atoms with Gasteiger partial charge in [0.15, 0.2) is 5.69 Å². The number of primary amides is 1. The van der Waals surface area contributed by atoms with E-state index in [9.17, 15) is 9.59 Å². The van der Waals surface area contributed by atoms with E-state index in [1.54, 1.807) is 0 Å². The number of nitrogens with zero attached hydrogens (tertiary/aromatic N) is 4. The second-order valence-corrected chi connectivity index (χ2v) is 7.94. The second kappa shape index (κ2) is 8.40. The molecule has 5 rings (SSSR count). The molecular weight excluding hydrogens is 420 g/mol. The van der Waals surface area contributed by atoms with Crippen molar-refractivity contribution in [3.05, 3.63) is 65.7 Å². The summed E-state index contributed by atoms with van der Waals surface area (Å²) in [6, 6.07) is 13.3. The lowest BCUT2D eigenvalue weighted by Gasteiger charge is -2.30. The van der Waals surface area contributed by atoms with Gasteiger partial charge in [-0.3, -0.25) is 14.2 Å². The average Bonchev–Trinajstić information content (AvgIpc) is 3.45. The Morgan fingerprint density at radius 1 is 1.12 bits per heavy atom. The fourth-order valence-electron chi connectivity index (χ4n) is 4.05. The number of aryl methyl sites for hydroxylation is 1. The highest BCUT2D eigenvalue weighted by molar-refractivity contribution is 6.10. The van der Waals surface area contributed by atoms with Crippen molar-refractivity contribution in [2.24, 2.45) is 5.73 Å². The summed E-state index contributed by atoms with van der Waals surface area (Å²) >= 11 is 0. The van der Waals surface area contributed by atoms with Crippen molar-refractivity contribution in [1.82, 2.24) is 24.8 Å². The number of aromatic nitrogens is 4. The van der Waals surface area contributed by atoms with Gasteiger partial charge in [0.25, 0.3) is 11.8 Å². The molecule has 33 heavy (non-hydrogen) atoms. The smallest absolute Gasteiger partial charge is 0.276 e. The second-order valence-electron chi connectivity index (χ2n) is 7.94. The Morgan fingerprint density at radius 3 is 2.64 bits per heavy atom. The van der Waals surface area contributed by atoms with Crippen LogP contribution in [0, 0.1) is 6.92 Å². The standard InChI is InChI=1S/C23H24N8O2/c1-14-12-15(30-10-8-25-9-11-30)6-7-16(14)27-22(33)19-20(21(24)32)31(13-26-19)23-28-17-4-2-3-5-18(17)29-23/h2-7,12-13,25H,8-11H2,1H3,(H2,24,32)(H,27,33)(H,28,29). The van der Waals surface area contributed by atoms with E-state index in [0.29, 0.717) is 11.6 Å². The van der Waals surface area contributed by atoms with Crippen molar-refractivity contribution in [1.29, 1.82) is 0 Å². The molecule has 2 aromatic heterocycles. The zero-order valence-corrected chi connectivity index (χ0v) is 18.1. The summed E-state index contributed by atoms with van der Waals surface area (Å²) in [5, 5.41) is 6.20. The summed E-state index contributed by atoms with van der Waals surface area (Å²) < 4.78 is 1.40. The van der Waals surface area contributed by atoms with Crippen LogP contribution in [0.15, 0.2) is 48.8 Å². The minimum Gasteiger partial charge on any atom is -0.369 e. The van der Waals surface area contributed by atoms with Gasteiger partial charge >= 0.3 is 0 Å². The zero-order chi connectivity index (χ0) is 22.9. The number of fused-ring (bicyclic) bond motifs is 1. The molecule has 4 aromatic rings. The summed E-state index contributed by atoms with van der Waals surface area (Å²) in [4.78, 5) is 39.4. The molecule has 0 spiro atoms. The summed E-state index contributed by atoms with van der Waals surface area (Å²) in [5.41, 5.74) is 9.71. The first-order valence-electron chi connectivity index (χ1n) is 10.7. The number of benzene rings is 2. The molecule has 0 unspecified atom stereocenters. The summed E-state index contributed by atoms with van der Waals surface area (Å²) in [6.45, 7) is 5.70. The van der Waals surface area contributed by atoms with E-state index in [0.717, 1.165) is 48.5 Å². The quantitative estimate of drug-likeness (QED) is 0.371. The number of aromatic amines is 1. The SMILES string of the molecule is Cc1cc(N2CCNCC2)ccc1NC(=O)c1ncn(-c2nc3ccccc3[nH]2)c1C(N)=O. The third-order valence-corrected chi connectivity index (χ3v) is 5.76. The Labute approximate surface area is 189 Å². The lowest BCUT2D eigenvalue weighted by atomic mass is 10.1.